The van der Waals surface area contributed by atoms with Gasteiger partial charge in [-0.25, -0.2) is 4.79 Å². The molecule has 0 aromatic heterocycles. The SMILES string of the molecule is COc1ccc(C(=O)CCCC(=O)N(C)C(C)(C)C(=O)O)cc1. The minimum absolute atomic E-state index is 0.0550. The second kappa shape index (κ2) is 7.76. The third-order valence-corrected chi connectivity index (χ3v) is 3.94. The first kappa shape index (κ1) is 18.7. The maximum atomic E-state index is 12.0. The number of carboxylic acid groups (broad SMARTS) is 1. The highest BCUT2D eigenvalue weighted by molar-refractivity contribution is 5.96. The number of rotatable bonds is 8. The molecule has 0 aliphatic rings. The number of ether oxygens (including phenoxy) is 1. The van der Waals surface area contributed by atoms with Gasteiger partial charge in [-0.3, -0.25) is 9.59 Å². The van der Waals surface area contributed by atoms with Crippen LogP contribution in [-0.4, -0.2) is 47.4 Å². The summed E-state index contributed by atoms with van der Waals surface area (Å²) in [4.78, 5) is 36.4. The maximum Gasteiger partial charge on any atom is 0.329 e. The van der Waals surface area contributed by atoms with Gasteiger partial charge in [-0.15, -0.1) is 0 Å². The largest absolute Gasteiger partial charge is 0.497 e. The molecule has 1 N–H and O–H groups in total. The standard InChI is InChI=1S/C17H23NO5/c1-17(2,16(21)22)18(3)15(20)7-5-6-14(19)12-8-10-13(23-4)11-9-12/h8-11H,5-7H2,1-4H3,(H,21,22). The minimum Gasteiger partial charge on any atom is -0.497 e. The van der Waals surface area contributed by atoms with Gasteiger partial charge in [0.25, 0.3) is 0 Å². The Labute approximate surface area is 136 Å². The lowest BCUT2D eigenvalue weighted by atomic mass is 10.0. The molecule has 0 atom stereocenters. The zero-order valence-electron chi connectivity index (χ0n) is 14.0. The molecule has 0 saturated heterocycles. The van der Waals surface area contributed by atoms with Crippen LogP contribution in [0.2, 0.25) is 0 Å². The average molecular weight is 321 g/mol. The van der Waals surface area contributed by atoms with Crippen LogP contribution in [0.1, 0.15) is 43.5 Å². The van der Waals surface area contributed by atoms with E-state index in [1.165, 1.54) is 25.8 Å². The van der Waals surface area contributed by atoms with E-state index in [0.29, 0.717) is 17.7 Å². The molecule has 1 aromatic rings. The molecule has 0 fully saturated rings. The number of hydrogen-bond donors (Lipinski definition) is 1. The zero-order valence-corrected chi connectivity index (χ0v) is 14.0. The molecular weight excluding hydrogens is 298 g/mol. The van der Waals surface area contributed by atoms with Gasteiger partial charge in [-0.2, -0.15) is 0 Å². The predicted molar refractivity (Wildman–Crippen MR) is 85.7 cm³/mol. The van der Waals surface area contributed by atoms with Gasteiger partial charge in [0.15, 0.2) is 5.78 Å². The number of aliphatic carboxylic acids is 1. The van der Waals surface area contributed by atoms with Crippen LogP contribution >= 0.6 is 0 Å². The van der Waals surface area contributed by atoms with E-state index in [4.69, 9.17) is 9.84 Å². The lowest BCUT2D eigenvalue weighted by Gasteiger charge is -2.31. The third kappa shape index (κ3) is 4.81. The number of carbonyl (C=O) groups excluding carboxylic acids is 2. The molecule has 0 bridgehead atoms. The van der Waals surface area contributed by atoms with Crippen molar-refractivity contribution in [3.05, 3.63) is 29.8 Å². The topological polar surface area (TPSA) is 83.9 Å². The summed E-state index contributed by atoms with van der Waals surface area (Å²) in [7, 11) is 3.01. The smallest absolute Gasteiger partial charge is 0.329 e. The summed E-state index contributed by atoms with van der Waals surface area (Å²) in [6, 6.07) is 6.79. The molecule has 0 unspecified atom stereocenters. The molecule has 1 rings (SSSR count). The number of methoxy groups -OCH3 is 1. The number of benzene rings is 1. The van der Waals surface area contributed by atoms with E-state index in [9.17, 15) is 14.4 Å². The highest BCUT2D eigenvalue weighted by Crippen LogP contribution is 2.16. The Morgan fingerprint density at radius 3 is 2.17 bits per heavy atom. The van der Waals surface area contributed by atoms with Gasteiger partial charge in [0.05, 0.1) is 7.11 Å². The Hall–Kier alpha value is -2.37. The molecule has 1 aromatic carbocycles. The van der Waals surface area contributed by atoms with Gasteiger partial charge >= 0.3 is 5.97 Å². The van der Waals surface area contributed by atoms with E-state index in [0.717, 1.165) is 0 Å². The van der Waals surface area contributed by atoms with E-state index in [2.05, 4.69) is 0 Å². The van der Waals surface area contributed by atoms with Gasteiger partial charge in [0, 0.05) is 25.5 Å². The number of amides is 1. The number of nitrogens with zero attached hydrogens (tertiary/aromatic N) is 1. The van der Waals surface area contributed by atoms with Gasteiger partial charge in [0.1, 0.15) is 11.3 Å². The first-order chi connectivity index (χ1) is 10.7. The summed E-state index contributed by atoms with van der Waals surface area (Å²) in [5, 5.41) is 9.11. The fourth-order valence-electron chi connectivity index (χ4n) is 1.94. The normalized spacial score (nSPS) is 11.0. The lowest BCUT2D eigenvalue weighted by Crippen LogP contribution is -2.50. The van der Waals surface area contributed by atoms with Crippen LogP contribution < -0.4 is 4.74 Å². The molecule has 126 valence electrons. The Kier molecular flexibility index (Phi) is 6.30. The summed E-state index contributed by atoms with van der Waals surface area (Å²) in [5.41, 5.74) is -0.700. The highest BCUT2D eigenvalue weighted by atomic mass is 16.5. The van der Waals surface area contributed by atoms with Crippen molar-refractivity contribution in [1.29, 1.82) is 0 Å². The Morgan fingerprint density at radius 1 is 1.13 bits per heavy atom. The zero-order chi connectivity index (χ0) is 17.6. The predicted octanol–water partition coefficient (Wildman–Crippen LogP) is 2.37. The van der Waals surface area contributed by atoms with Crippen LogP contribution in [0.4, 0.5) is 0 Å². The Bertz CT molecular complexity index is 577. The molecule has 0 spiro atoms. The van der Waals surface area contributed by atoms with Crippen LogP contribution in [0, 0.1) is 0 Å². The van der Waals surface area contributed by atoms with E-state index in [1.807, 2.05) is 0 Å². The highest BCUT2D eigenvalue weighted by Gasteiger charge is 2.34. The van der Waals surface area contributed by atoms with Crippen LogP contribution in [0.3, 0.4) is 0 Å². The van der Waals surface area contributed by atoms with Crippen LogP contribution in [-0.2, 0) is 9.59 Å². The molecule has 0 saturated carbocycles. The van der Waals surface area contributed by atoms with E-state index in [-0.39, 0.29) is 24.5 Å². The molecule has 1 amide bonds. The van der Waals surface area contributed by atoms with Crippen molar-refractivity contribution in [1.82, 2.24) is 4.90 Å². The van der Waals surface area contributed by atoms with Crippen molar-refractivity contribution in [3.63, 3.8) is 0 Å². The number of Topliss-reactive ketones (excluding diaryl/α,β-unsaturated/α-hetero) is 1. The second-order valence-corrected chi connectivity index (χ2v) is 5.82. The van der Waals surface area contributed by atoms with E-state index in [1.54, 1.807) is 31.4 Å². The number of ketones is 1. The molecule has 0 aliphatic carbocycles. The summed E-state index contributed by atoms with van der Waals surface area (Å²) < 4.78 is 5.03. The summed E-state index contributed by atoms with van der Waals surface area (Å²) >= 11 is 0. The number of carbonyl (C=O) groups is 3. The monoisotopic (exact) mass is 321 g/mol. The maximum absolute atomic E-state index is 12.0. The molecule has 6 nitrogen and oxygen atoms in total. The second-order valence-electron chi connectivity index (χ2n) is 5.82. The fraction of sp³-hybridized carbons (Fsp3) is 0.471. The van der Waals surface area contributed by atoms with Crippen molar-refractivity contribution >= 4 is 17.7 Å². The Morgan fingerprint density at radius 2 is 1.70 bits per heavy atom. The molecular formula is C17H23NO5. The number of carboxylic acids is 1. The van der Waals surface area contributed by atoms with Gasteiger partial charge < -0.3 is 14.7 Å². The Balaban J connectivity index is 2.51. The van der Waals surface area contributed by atoms with Crippen molar-refractivity contribution < 1.29 is 24.2 Å². The third-order valence-electron chi connectivity index (χ3n) is 3.94. The van der Waals surface area contributed by atoms with Crippen LogP contribution in [0.15, 0.2) is 24.3 Å². The van der Waals surface area contributed by atoms with E-state index < -0.39 is 11.5 Å². The first-order valence-electron chi connectivity index (χ1n) is 7.37. The van der Waals surface area contributed by atoms with Gasteiger partial charge in [-0.1, -0.05) is 0 Å². The number of likely N-dealkylation sites (N-methyl/N-ethyl adjacent to an activating group) is 1. The molecule has 0 radical (unpaired) electrons. The quantitative estimate of drug-likeness (QED) is 0.743. The van der Waals surface area contributed by atoms with Crippen molar-refractivity contribution in [2.24, 2.45) is 0 Å². The van der Waals surface area contributed by atoms with Crippen LogP contribution in [0.5, 0.6) is 5.75 Å². The van der Waals surface area contributed by atoms with Crippen molar-refractivity contribution in [2.45, 2.75) is 38.6 Å². The minimum atomic E-state index is -1.27. The lowest BCUT2D eigenvalue weighted by molar-refractivity contribution is -0.155. The first-order valence-corrected chi connectivity index (χ1v) is 7.37. The molecule has 0 aliphatic heterocycles. The van der Waals surface area contributed by atoms with Crippen molar-refractivity contribution in [3.8, 4) is 5.75 Å². The summed E-state index contributed by atoms with van der Waals surface area (Å²) in [5.74, 6) is -0.738. The van der Waals surface area contributed by atoms with E-state index >= 15 is 0 Å². The fourth-order valence-corrected chi connectivity index (χ4v) is 1.94. The molecule has 23 heavy (non-hydrogen) atoms. The van der Waals surface area contributed by atoms with Gasteiger partial charge in [0.2, 0.25) is 5.91 Å². The molecule has 6 heteroatoms. The summed E-state index contributed by atoms with van der Waals surface area (Å²) in [6.45, 7) is 2.94. The van der Waals surface area contributed by atoms with Gasteiger partial charge in [-0.05, 0) is 44.5 Å². The van der Waals surface area contributed by atoms with Crippen molar-refractivity contribution in [2.75, 3.05) is 14.2 Å². The number of hydrogen-bond acceptors (Lipinski definition) is 4. The average Bonchev–Trinajstić information content (AvgIpc) is 2.53. The molecule has 0 heterocycles. The van der Waals surface area contributed by atoms with Crippen LogP contribution in [0.25, 0.3) is 0 Å². The summed E-state index contributed by atoms with van der Waals surface area (Å²) in [6.07, 6.45) is 0.748.